The van der Waals surface area contributed by atoms with Crippen molar-refractivity contribution in [1.82, 2.24) is 4.90 Å². The molecule has 3 heteroatoms. The molecule has 0 saturated carbocycles. The van der Waals surface area contributed by atoms with E-state index in [1.807, 2.05) is 0 Å². The van der Waals surface area contributed by atoms with Gasteiger partial charge in [-0.05, 0) is 60.4 Å². The van der Waals surface area contributed by atoms with E-state index in [0.717, 1.165) is 6.42 Å². The molecule has 0 aromatic heterocycles. The van der Waals surface area contributed by atoms with E-state index in [-0.39, 0.29) is 17.2 Å². The molecule has 2 heterocycles. The third-order valence-electron chi connectivity index (χ3n) is 4.63. The average Bonchev–Trinajstić information content (AvgIpc) is 2.46. The first-order valence-corrected chi connectivity index (χ1v) is 7.44. The zero-order valence-corrected chi connectivity index (χ0v) is 12.7. The van der Waals surface area contributed by atoms with Crippen LogP contribution in [0.15, 0.2) is 0 Å². The van der Waals surface area contributed by atoms with Crippen LogP contribution in [0.2, 0.25) is 0 Å². The summed E-state index contributed by atoms with van der Waals surface area (Å²) >= 11 is 0. The number of ether oxygens (including phenoxy) is 1. The predicted octanol–water partition coefficient (Wildman–Crippen LogP) is 2.53. The smallest absolute Gasteiger partial charge is 0.0789 e. The second-order valence-corrected chi connectivity index (χ2v) is 7.35. The lowest BCUT2D eigenvalue weighted by Gasteiger charge is -2.45. The van der Waals surface area contributed by atoms with Gasteiger partial charge in [0.15, 0.2) is 0 Å². The van der Waals surface area contributed by atoms with Crippen molar-refractivity contribution in [2.24, 2.45) is 5.73 Å². The summed E-state index contributed by atoms with van der Waals surface area (Å²) < 4.78 is 6.25. The molecule has 3 unspecified atom stereocenters. The molecule has 2 saturated heterocycles. The molecular formula is C15H30N2O. The topological polar surface area (TPSA) is 38.5 Å². The summed E-state index contributed by atoms with van der Waals surface area (Å²) in [5.74, 6) is 0. The molecule has 0 radical (unpaired) electrons. The highest BCUT2D eigenvalue weighted by atomic mass is 16.5. The first-order chi connectivity index (χ1) is 8.23. The van der Waals surface area contributed by atoms with Crippen LogP contribution in [0.1, 0.15) is 60.3 Å². The third-order valence-corrected chi connectivity index (χ3v) is 4.63. The van der Waals surface area contributed by atoms with Crippen molar-refractivity contribution in [3.8, 4) is 0 Å². The molecule has 0 aromatic carbocycles. The SMILES string of the molecule is CC(N)C1CCCCN1C1CC(C)(C)OC1(C)C. The number of hydrogen-bond donors (Lipinski definition) is 1. The summed E-state index contributed by atoms with van der Waals surface area (Å²) in [5, 5.41) is 0. The van der Waals surface area contributed by atoms with Crippen molar-refractivity contribution in [3.05, 3.63) is 0 Å². The van der Waals surface area contributed by atoms with E-state index < -0.39 is 0 Å². The van der Waals surface area contributed by atoms with Crippen LogP contribution in [-0.4, -0.2) is 40.8 Å². The molecule has 2 aliphatic heterocycles. The van der Waals surface area contributed by atoms with Gasteiger partial charge >= 0.3 is 0 Å². The zero-order valence-electron chi connectivity index (χ0n) is 12.7. The number of hydrogen-bond acceptors (Lipinski definition) is 3. The summed E-state index contributed by atoms with van der Waals surface area (Å²) in [6, 6.07) is 1.29. The van der Waals surface area contributed by atoms with Crippen LogP contribution in [0.3, 0.4) is 0 Å². The molecule has 0 amide bonds. The molecule has 3 atom stereocenters. The van der Waals surface area contributed by atoms with Gasteiger partial charge in [0.05, 0.1) is 11.2 Å². The summed E-state index contributed by atoms with van der Waals surface area (Å²) in [7, 11) is 0. The van der Waals surface area contributed by atoms with Crippen LogP contribution in [-0.2, 0) is 4.74 Å². The van der Waals surface area contributed by atoms with Crippen molar-refractivity contribution >= 4 is 0 Å². The number of likely N-dealkylation sites (tertiary alicyclic amines) is 1. The Bertz CT molecular complexity index is 299. The highest BCUT2D eigenvalue weighted by Crippen LogP contribution is 2.42. The van der Waals surface area contributed by atoms with Gasteiger partial charge in [-0.1, -0.05) is 6.42 Å². The highest BCUT2D eigenvalue weighted by molar-refractivity contribution is 5.03. The van der Waals surface area contributed by atoms with Crippen LogP contribution < -0.4 is 5.73 Å². The van der Waals surface area contributed by atoms with Crippen LogP contribution in [0, 0.1) is 0 Å². The zero-order chi connectivity index (χ0) is 13.6. The van der Waals surface area contributed by atoms with Crippen LogP contribution >= 0.6 is 0 Å². The van der Waals surface area contributed by atoms with Gasteiger partial charge in [-0.15, -0.1) is 0 Å². The lowest BCUT2D eigenvalue weighted by Crippen LogP contribution is -2.57. The lowest BCUT2D eigenvalue weighted by atomic mass is 9.87. The molecule has 2 rings (SSSR count). The van der Waals surface area contributed by atoms with Crippen molar-refractivity contribution in [2.75, 3.05) is 6.54 Å². The fourth-order valence-corrected chi connectivity index (χ4v) is 3.98. The second kappa shape index (κ2) is 4.77. The predicted molar refractivity (Wildman–Crippen MR) is 75.6 cm³/mol. The van der Waals surface area contributed by atoms with Gasteiger partial charge in [0.25, 0.3) is 0 Å². The van der Waals surface area contributed by atoms with Gasteiger partial charge in [-0.25, -0.2) is 0 Å². The molecular weight excluding hydrogens is 224 g/mol. The van der Waals surface area contributed by atoms with Crippen molar-refractivity contribution in [1.29, 1.82) is 0 Å². The normalized spacial score (nSPS) is 37.7. The van der Waals surface area contributed by atoms with E-state index in [0.29, 0.717) is 12.1 Å². The van der Waals surface area contributed by atoms with Gasteiger partial charge in [0.2, 0.25) is 0 Å². The van der Waals surface area contributed by atoms with Crippen LogP contribution in [0.4, 0.5) is 0 Å². The first kappa shape index (κ1) is 14.3. The van der Waals surface area contributed by atoms with Gasteiger partial charge in [0, 0.05) is 18.1 Å². The van der Waals surface area contributed by atoms with Crippen molar-refractivity contribution in [3.63, 3.8) is 0 Å². The number of nitrogens with zero attached hydrogens (tertiary/aromatic N) is 1. The van der Waals surface area contributed by atoms with E-state index >= 15 is 0 Å². The molecule has 2 N–H and O–H groups in total. The molecule has 2 aliphatic rings. The Balaban J connectivity index is 2.18. The summed E-state index contributed by atoms with van der Waals surface area (Å²) in [6.07, 6.45) is 4.98. The van der Waals surface area contributed by atoms with Crippen LogP contribution in [0.5, 0.6) is 0 Å². The molecule has 0 aromatic rings. The lowest BCUT2D eigenvalue weighted by molar-refractivity contribution is -0.0874. The number of nitrogens with two attached hydrogens (primary N) is 1. The Morgan fingerprint density at radius 2 is 1.89 bits per heavy atom. The fourth-order valence-electron chi connectivity index (χ4n) is 3.98. The maximum Gasteiger partial charge on any atom is 0.0789 e. The highest BCUT2D eigenvalue weighted by Gasteiger charge is 2.50. The molecule has 0 spiro atoms. The fraction of sp³-hybridized carbons (Fsp3) is 1.00. The van der Waals surface area contributed by atoms with E-state index in [1.54, 1.807) is 0 Å². The molecule has 0 bridgehead atoms. The Morgan fingerprint density at radius 1 is 1.22 bits per heavy atom. The third kappa shape index (κ3) is 2.73. The minimum absolute atomic E-state index is 0.00595. The van der Waals surface area contributed by atoms with E-state index in [4.69, 9.17) is 10.5 Å². The molecule has 18 heavy (non-hydrogen) atoms. The maximum atomic E-state index is 6.25. The monoisotopic (exact) mass is 254 g/mol. The minimum Gasteiger partial charge on any atom is -0.368 e. The van der Waals surface area contributed by atoms with E-state index in [1.165, 1.54) is 25.8 Å². The largest absolute Gasteiger partial charge is 0.368 e. The molecule has 2 fully saturated rings. The van der Waals surface area contributed by atoms with Gasteiger partial charge < -0.3 is 10.5 Å². The quantitative estimate of drug-likeness (QED) is 0.823. The van der Waals surface area contributed by atoms with Crippen molar-refractivity contribution < 1.29 is 4.74 Å². The molecule has 106 valence electrons. The van der Waals surface area contributed by atoms with Crippen LogP contribution in [0.25, 0.3) is 0 Å². The summed E-state index contributed by atoms with van der Waals surface area (Å²) in [4.78, 5) is 2.64. The number of rotatable bonds is 2. The summed E-state index contributed by atoms with van der Waals surface area (Å²) in [6.45, 7) is 12.2. The van der Waals surface area contributed by atoms with Gasteiger partial charge in [-0.3, -0.25) is 4.90 Å². The Kier molecular flexibility index (Phi) is 3.79. The average molecular weight is 254 g/mol. The maximum absolute atomic E-state index is 6.25. The first-order valence-electron chi connectivity index (χ1n) is 7.44. The van der Waals surface area contributed by atoms with E-state index in [9.17, 15) is 0 Å². The minimum atomic E-state index is -0.0615. The van der Waals surface area contributed by atoms with Gasteiger partial charge in [0.1, 0.15) is 0 Å². The van der Waals surface area contributed by atoms with Crippen molar-refractivity contribution in [2.45, 2.75) is 89.6 Å². The Hall–Kier alpha value is -0.120. The molecule has 3 nitrogen and oxygen atoms in total. The van der Waals surface area contributed by atoms with E-state index in [2.05, 4.69) is 39.5 Å². The Labute approximate surface area is 112 Å². The second-order valence-electron chi connectivity index (χ2n) is 7.35. The standard InChI is InChI=1S/C15H30N2O/c1-11(16)12-8-6-7-9-17(12)13-10-14(2,3)18-15(13,4)5/h11-13H,6-10,16H2,1-5H3. The molecule has 0 aliphatic carbocycles. The van der Waals surface area contributed by atoms with Gasteiger partial charge in [-0.2, -0.15) is 0 Å². The Morgan fingerprint density at radius 3 is 2.39 bits per heavy atom. The number of piperidine rings is 1. The summed E-state index contributed by atoms with van der Waals surface area (Å²) in [5.41, 5.74) is 6.13.